The number of amides is 1. The maximum atomic E-state index is 12.4. The first-order valence-corrected chi connectivity index (χ1v) is 10.1. The third-order valence-corrected chi connectivity index (χ3v) is 5.91. The molecular formula is C21H33N3O2. The van der Waals surface area contributed by atoms with Gasteiger partial charge in [-0.05, 0) is 30.9 Å². The zero-order chi connectivity index (χ0) is 18.2. The first-order valence-electron chi connectivity index (χ1n) is 10.1. The fourth-order valence-electron chi connectivity index (χ4n) is 4.31. The Morgan fingerprint density at radius 1 is 1.15 bits per heavy atom. The van der Waals surface area contributed by atoms with Gasteiger partial charge in [0.25, 0.3) is 0 Å². The lowest BCUT2D eigenvalue weighted by molar-refractivity contribution is -0.121. The van der Waals surface area contributed by atoms with Gasteiger partial charge in [0.2, 0.25) is 5.91 Å². The van der Waals surface area contributed by atoms with Crippen molar-refractivity contribution >= 4 is 11.6 Å². The van der Waals surface area contributed by atoms with Gasteiger partial charge in [0.15, 0.2) is 0 Å². The Morgan fingerprint density at radius 3 is 2.62 bits per heavy atom. The number of hydrogen-bond donors (Lipinski definition) is 2. The second-order valence-corrected chi connectivity index (χ2v) is 7.92. The zero-order valence-electron chi connectivity index (χ0n) is 15.8. The van der Waals surface area contributed by atoms with Gasteiger partial charge in [-0.25, -0.2) is 0 Å². The van der Waals surface area contributed by atoms with Gasteiger partial charge in [-0.3, -0.25) is 9.69 Å². The Hall–Kier alpha value is -1.59. The van der Waals surface area contributed by atoms with Crippen molar-refractivity contribution in [2.24, 2.45) is 5.41 Å². The van der Waals surface area contributed by atoms with Crippen molar-refractivity contribution in [1.82, 2.24) is 10.2 Å². The summed E-state index contributed by atoms with van der Waals surface area (Å²) in [6.45, 7) is 5.59. The molecule has 5 heteroatoms. The molecule has 3 N–H and O–H groups in total. The van der Waals surface area contributed by atoms with Crippen molar-refractivity contribution in [3.63, 3.8) is 0 Å². The Morgan fingerprint density at radius 2 is 1.88 bits per heavy atom. The van der Waals surface area contributed by atoms with Gasteiger partial charge in [-0.2, -0.15) is 0 Å². The number of aryl methyl sites for hydroxylation is 1. The van der Waals surface area contributed by atoms with Gasteiger partial charge in [0.1, 0.15) is 0 Å². The molecule has 1 amide bonds. The second kappa shape index (κ2) is 9.38. The number of carbonyl (C=O) groups is 1. The number of ether oxygens (including phenoxy) is 1. The first-order chi connectivity index (χ1) is 12.7. The molecule has 2 aliphatic rings. The van der Waals surface area contributed by atoms with Gasteiger partial charge in [-0.1, -0.05) is 37.5 Å². The van der Waals surface area contributed by atoms with Crippen LogP contribution >= 0.6 is 0 Å². The molecule has 0 radical (unpaired) electrons. The number of nitrogens with one attached hydrogen (secondary N) is 1. The summed E-state index contributed by atoms with van der Waals surface area (Å²) in [6.07, 6.45) is 7.52. The van der Waals surface area contributed by atoms with Crippen LogP contribution in [0.25, 0.3) is 0 Å². The highest BCUT2D eigenvalue weighted by Crippen LogP contribution is 2.36. The molecule has 1 aromatic carbocycles. The summed E-state index contributed by atoms with van der Waals surface area (Å²) in [5.74, 6) is 0.139. The third kappa shape index (κ3) is 5.45. The fraction of sp³-hybridized carbons (Fsp3) is 0.667. The molecule has 1 saturated carbocycles. The Balaban J connectivity index is 1.50. The molecule has 1 heterocycles. The Kier molecular flexibility index (Phi) is 6.92. The number of para-hydroxylation sites is 1. The van der Waals surface area contributed by atoms with Crippen LogP contribution in [0.2, 0.25) is 0 Å². The lowest BCUT2D eigenvalue weighted by Gasteiger charge is -2.42. The number of anilines is 1. The molecule has 1 aromatic rings. The summed E-state index contributed by atoms with van der Waals surface area (Å²) in [5.41, 5.74) is 8.04. The highest BCUT2D eigenvalue weighted by Gasteiger charge is 2.34. The largest absolute Gasteiger partial charge is 0.399 e. The van der Waals surface area contributed by atoms with Crippen LogP contribution in [0.5, 0.6) is 0 Å². The summed E-state index contributed by atoms with van der Waals surface area (Å²) >= 11 is 0. The van der Waals surface area contributed by atoms with Crippen molar-refractivity contribution in [1.29, 1.82) is 0 Å². The van der Waals surface area contributed by atoms with E-state index in [1.54, 1.807) is 0 Å². The van der Waals surface area contributed by atoms with Crippen LogP contribution in [0.4, 0.5) is 5.69 Å². The minimum atomic E-state index is 0.139. The molecule has 0 bridgehead atoms. The highest BCUT2D eigenvalue weighted by atomic mass is 16.5. The lowest BCUT2D eigenvalue weighted by Crippen LogP contribution is -2.49. The molecule has 1 saturated heterocycles. The highest BCUT2D eigenvalue weighted by molar-refractivity contribution is 5.76. The van der Waals surface area contributed by atoms with E-state index in [0.29, 0.717) is 12.8 Å². The number of nitrogens with two attached hydrogens (primary N) is 1. The molecule has 0 atom stereocenters. The van der Waals surface area contributed by atoms with Crippen LogP contribution < -0.4 is 11.1 Å². The summed E-state index contributed by atoms with van der Waals surface area (Å²) < 4.78 is 5.48. The molecule has 1 aliphatic carbocycles. The van der Waals surface area contributed by atoms with E-state index in [4.69, 9.17) is 10.5 Å². The fourth-order valence-corrected chi connectivity index (χ4v) is 4.31. The summed E-state index contributed by atoms with van der Waals surface area (Å²) in [7, 11) is 0. The van der Waals surface area contributed by atoms with Gasteiger partial charge in [-0.15, -0.1) is 0 Å². The molecule has 26 heavy (non-hydrogen) atoms. The Bertz CT molecular complexity index is 578. The van der Waals surface area contributed by atoms with Crippen LogP contribution in [0.15, 0.2) is 24.3 Å². The quantitative estimate of drug-likeness (QED) is 0.735. The van der Waals surface area contributed by atoms with Crippen LogP contribution in [-0.2, 0) is 16.0 Å². The van der Waals surface area contributed by atoms with E-state index in [1.807, 2.05) is 24.3 Å². The van der Waals surface area contributed by atoms with Crippen molar-refractivity contribution < 1.29 is 9.53 Å². The summed E-state index contributed by atoms with van der Waals surface area (Å²) in [5, 5.41) is 3.23. The molecule has 0 aromatic heterocycles. The predicted octanol–water partition coefficient (Wildman–Crippen LogP) is 2.60. The SMILES string of the molecule is Nc1ccccc1CCC(=O)NCC1(CN2CCOCC2)CCCCC1. The van der Waals surface area contributed by atoms with E-state index < -0.39 is 0 Å². The first kappa shape index (κ1) is 19.2. The van der Waals surface area contributed by atoms with Crippen molar-refractivity contribution in [2.45, 2.75) is 44.9 Å². The van der Waals surface area contributed by atoms with Crippen molar-refractivity contribution in [2.75, 3.05) is 45.1 Å². The van der Waals surface area contributed by atoms with Gasteiger partial charge < -0.3 is 15.8 Å². The minimum absolute atomic E-state index is 0.139. The van der Waals surface area contributed by atoms with E-state index in [0.717, 1.165) is 50.6 Å². The molecule has 2 fully saturated rings. The van der Waals surface area contributed by atoms with Crippen molar-refractivity contribution in [3.8, 4) is 0 Å². The molecule has 0 spiro atoms. The van der Waals surface area contributed by atoms with E-state index in [1.165, 1.54) is 32.1 Å². The van der Waals surface area contributed by atoms with Gasteiger partial charge in [0.05, 0.1) is 13.2 Å². The average molecular weight is 360 g/mol. The smallest absolute Gasteiger partial charge is 0.220 e. The number of morpholine rings is 1. The summed E-state index contributed by atoms with van der Waals surface area (Å²) in [6, 6.07) is 7.80. The molecule has 1 aliphatic heterocycles. The monoisotopic (exact) mass is 359 g/mol. The second-order valence-electron chi connectivity index (χ2n) is 7.92. The molecule has 144 valence electrons. The lowest BCUT2D eigenvalue weighted by atomic mass is 9.73. The molecular weight excluding hydrogens is 326 g/mol. The maximum Gasteiger partial charge on any atom is 0.220 e. The number of rotatable bonds is 7. The van der Waals surface area contributed by atoms with Crippen LogP contribution in [0.3, 0.4) is 0 Å². The predicted molar refractivity (Wildman–Crippen MR) is 105 cm³/mol. The number of benzene rings is 1. The van der Waals surface area contributed by atoms with Gasteiger partial charge in [0, 0.05) is 43.7 Å². The van der Waals surface area contributed by atoms with E-state index in [2.05, 4.69) is 10.2 Å². The van der Waals surface area contributed by atoms with Crippen molar-refractivity contribution in [3.05, 3.63) is 29.8 Å². The minimum Gasteiger partial charge on any atom is -0.399 e. The number of nitrogens with zero attached hydrogens (tertiary/aromatic N) is 1. The molecule has 0 unspecified atom stereocenters. The van der Waals surface area contributed by atoms with E-state index in [9.17, 15) is 4.79 Å². The number of hydrogen-bond acceptors (Lipinski definition) is 4. The zero-order valence-corrected chi connectivity index (χ0v) is 15.8. The normalized spacial score (nSPS) is 20.6. The number of nitrogen functional groups attached to an aromatic ring is 1. The summed E-state index contributed by atoms with van der Waals surface area (Å²) in [4.78, 5) is 14.9. The van der Waals surface area contributed by atoms with Crippen LogP contribution in [0, 0.1) is 5.41 Å². The Labute approximate surface area is 157 Å². The maximum absolute atomic E-state index is 12.4. The van der Waals surface area contributed by atoms with E-state index in [-0.39, 0.29) is 11.3 Å². The number of carbonyl (C=O) groups excluding carboxylic acids is 1. The molecule has 3 rings (SSSR count). The van der Waals surface area contributed by atoms with Crippen LogP contribution in [0.1, 0.15) is 44.1 Å². The third-order valence-electron chi connectivity index (χ3n) is 5.91. The average Bonchev–Trinajstić information content (AvgIpc) is 2.67. The van der Waals surface area contributed by atoms with E-state index >= 15 is 0 Å². The topological polar surface area (TPSA) is 67.6 Å². The van der Waals surface area contributed by atoms with Crippen LogP contribution in [-0.4, -0.2) is 50.2 Å². The van der Waals surface area contributed by atoms with Gasteiger partial charge >= 0.3 is 0 Å². The molecule has 5 nitrogen and oxygen atoms in total. The standard InChI is InChI=1S/C21H33N3O2/c22-19-7-3-2-6-18(19)8-9-20(25)23-16-21(10-4-1-5-11-21)17-24-12-14-26-15-13-24/h2-3,6-7H,1,4-5,8-17,22H2,(H,23,25).